The average Bonchev–Trinajstić information content (AvgIpc) is 2.72. The van der Waals surface area contributed by atoms with Gasteiger partial charge in [-0.1, -0.05) is 0 Å². The molecule has 2 N–H and O–H groups in total. The highest BCUT2D eigenvalue weighted by Gasteiger charge is 2.45. The van der Waals surface area contributed by atoms with Crippen LogP contribution in [0.1, 0.15) is 6.42 Å². The number of aliphatic hydroxyl groups is 1. The summed E-state index contributed by atoms with van der Waals surface area (Å²) in [5.41, 5.74) is 0. The quantitative estimate of drug-likeness (QED) is 0.819. The lowest BCUT2D eigenvalue weighted by molar-refractivity contribution is -0.143. The molecule has 104 valence electrons. The van der Waals surface area contributed by atoms with Crippen molar-refractivity contribution in [1.29, 1.82) is 0 Å². The second-order valence-electron chi connectivity index (χ2n) is 4.21. The van der Waals surface area contributed by atoms with E-state index in [1.165, 1.54) is 0 Å². The van der Waals surface area contributed by atoms with Crippen LogP contribution in [0.4, 0.5) is 4.39 Å². The van der Waals surface area contributed by atoms with Crippen molar-refractivity contribution in [2.75, 3.05) is 6.54 Å². The van der Waals surface area contributed by atoms with Crippen molar-refractivity contribution in [2.24, 2.45) is 0 Å². The molecular formula is C11H12FNO5S. The van der Waals surface area contributed by atoms with Crippen LogP contribution in [-0.2, 0) is 14.8 Å². The molecule has 0 amide bonds. The van der Waals surface area contributed by atoms with E-state index in [1.807, 2.05) is 0 Å². The van der Waals surface area contributed by atoms with Crippen LogP contribution in [0.15, 0.2) is 29.2 Å². The molecule has 0 saturated carbocycles. The molecule has 1 saturated heterocycles. The Bertz CT molecular complexity index is 586. The molecule has 1 fully saturated rings. The Hall–Kier alpha value is -1.51. The Labute approximate surface area is 109 Å². The minimum atomic E-state index is -4.06. The largest absolute Gasteiger partial charge is 0.480 e. The molecule has 1 aliphatic heterocycles. The van der Waals surface area contributed by atoms with Gasteiger partial charge < -0.3 is 10.2 Å². The summed E-state index contributed by atoms with van der Waals surface area (Å²) in [6.07, 6.45) is -1.19. The maximum Gasteiger partial charge on any atom is 0.324 e. The molecule has 2 rings (SSSR count). The first-order valence-electron chi connectivity index (χ1n) is 5.52. The summed E-state index contributed by atoms with van der Waals surface area (Å²) in [5.74, 6) is -1.99. The van der Waals surface area contributed by atoms with Crippen LogP contribution in [0.25, 0.3) is 0 Å². The molecule has 1 aromatic carbocycles. The van der Waals surface area contributed by atoms with Gasteiger partial charge >= 0.3 is 5.97 Å². The lowest BCUT2D eigenvalue weighted by Crippen LogP contribution is -2.44. The summed E-state index contributed by atoms with van der Waals surface area (Å²) >= 11 is 0. The van der Waals surface area contributed by atoms with Crippen molar-refractivity contribution >= 4 is 16.0 Å². The summed E-state index contributed by atoms with van der Waals surface area (Å²) in [4.78, 5) is 10.8. The summed E-state index contributed by atoms with van der Waals surface area (Å²) in [6, 6.07) is 2.59. The van der Waals surface area contributed by atoms with Gasteiger partial charge in [0.05, 0.1) is 11.0 Å². The number of aliphatic carboxylic acids is 1. The first-order chi connectivity index (χ1) is 8.84. The summed E-state index contributed by atoms with van der Waals surface area (Å²) < 4.78 is 38.0. The topological polar surface area (TPSA) is 94.9 Å². The van der Waals surface area contributed by atoms with E-state index >= 15 is 0 Å². The molecule has 0 unspecified atom stereocenters. The summed E-state index contributed by atoms with van der Waals surface area (Å²) in [6.45, 7) is -0.0855. The SMILES string of the molecule is O=C(O)[C@@H]1[C@@H](O)CCN1S(=O)(=O)c1ccc(F)cc1. The van der Waals surface area contributed by atoms with Crippen molar-refractivity contribution in [3.63, 3.8) is 0 Å². The fourth-order valence-electron chi connectivity index (χ4n) is 2.05. The van der Waals surface area contributed by atoms with Gasteiger partial charge in [-0.2, -0.15) is 4.31 Å². The summed E-state index contributed by atoms with van der Waals surface area (Å²) in [7, 11) is -4.06. The Kier molecular flexibility index (Phi) is 3.57. The fraction of sp³-hybridized carbons (Fsp3) is 0.364. The zero-order chi connectivity index (χ0) is 14.2. The standard InChI is InChI=1S/C11H12FNO5S/c12-7-1-3-8(4-2-7)19(17,18)13-6-5-9(14)10(13)11(15)16/h1-4,9-10,14H,5-6H2,(H,15,16)/t9-,10-/m0/s1. The van der Waals surface area contributed by atoms with Crippen LogP contribution >= 0.6 is 0 Å². The van der Waals surface area contributed by atoms with Crippen molar-refractivity contribution in [3.8, 4) is 0 Å². The van der Waals surface area contributed by atoms with Crippen LogP contribution in [0.5, 0.6) is 0 Å². The van der Waals surface area contributed by atoms with Crippen LogP contribution in [0, 0.1) is 5.82 Å². The van der Waals surface area contributed by atoms with Gasteiger partial charge in [-0.3, -0.25) is 4.79 Å². The van der Waals surface area contributed by atoms with Crippen LogP contribution < -0.4 is 0 Å². The van der Waals surface area contributed by atoms with Gasteiger partial charge in [-0.25, -0.2) is 12.8 Å². The van der Waals surface area contributed by atoms with Gasteiger partial charge in [0.25, 0.3) is 0 Å². The smallest absolute Gasteiger partial charge is 0.324 e. The van der Waals surface area contributed by atoms with E-state index in [9.17, 15) is 22.7 Å². The minimum absolute atomic E-state index is 0.0530. The van der Waals surface area contributed by atoms with Crippen LogP contribution in [0.3, 0.4) is 0 Å². The third-order valence-corrected chi connectivity index (χ3v) is 4.89. The number of nitrogens with zero attached hydrogens (tertiary/aromatic N) is 1. The van der Waals surface area contributed by atoms with Crippen molar-refractivity contribution < 1.29 is 27.8 Å². The number of sulfonamides is 1. The van der Waals surface area contributed by atoms with E-state index in [0.29, 0.717) is 0 Å². The molecule has 2 atom stereocenters. The van der Waals surface area contributed by atoms with Crippen LogP contribution in [0.2, 0.25) is 0 Å². The second-order valence-corrected chi connectivity index (χ2v) is 6.10. The molecule has 0 radical (unpaired) electrons. The predicted octanol–water partition coefficient (Wildman–Crippen LogP) is 0.0342. The number of aliphatic hydroxyl groups excluding tert-OH is 1. The molecule has 1 aromatic rings. The Morgan fingerprint density at radius 3 is 2.42 bits per heavy atom. The van der Waals surface area contributed by atoms with E-state index < -0.39 is 34.0 Å². The van der Waals surface area contributed by atoms with Gasteiger partial charge in [-0.15, -0.1) is 0 Å². The number of rotatable bonds is 3. The lowest BCUT2D eigenvalue weighted by atomic mass is 10.2. The van der Waals surface area contributed by atoms with E-state index in [0.717, 1.165) is 28.6 Å². The van der Waals surface area contributed by atoms with Crippen LogP contribution in [-0.4, -0.2) is 47.6 Å². The second kappa shape index (κ2) is 4.87. The molecule has 19 heavy (non-hydrogen) atoms. The first-order valence-corrected chi connectivity index (χ1v) is 6.96. The number of hydrogen-bond acceptors (Lipinski definition) is 4. The van der Waals surface area contributed by atoms with Gasteiger partial charge in [-0.05, 0) is 30.7 Å². The van der Waals surface area contributed by atoms with E-state index in [2.05, 4.69) is 0 Å². The number of hydrogen-bond donors (Lipinski definition) is 2. The highest BCUT2D eigenvalue weighted by Crippen LogP contribution is 2.26. The number of carboxylic acids is 1. The Balaban J connectivity index is 2.39. The molecule has 1 heterocycles. The average molecular weight is 289 g/mol. The van der Waals surface area contributed by atoms with Gasteiger partial charge in [0.2, 0.25) is 10.0 Å². The zero-order valence-corrected chi connectivity index (χ0v) is 10.5. The van der Waals surface area contributed by atoms with Gasteiger partial charge in [0.15, 0.2) is 0 Å². The van der Waals surface area contributed by atoms with E-state index in [-0.39, 0.29) is 17.9 Å². The number of benzene rings is 1. The third kappa shape index (κ3) is 2.46. The molecule has 0 bridgehead atoms. The molecule has 6 nitrogen and oxygen atoms in total. The lowest BCUT2D eigenvalue weighted by Gasteiger charge is -2.22. The van der Waals surface area contributed by atoms with E-state index in [1.54, 1.807) is 0 Å². The summed E-state index contributed by atoms with van der Waals surface area (Å²) in [5, 5.41) is 18.5. The molecule has 0 spiro atoms. The maximum absolute atomic E-state index is 12.8. The monoisotopic (exact) mass is 289 g/mol. The van der Waals surface area contributed by atoms with Gasteiger partial charge in [0.1, 0.15) is 11.9 Å². The first kappa shape index (κ1) is 13.9. The van der Waals surface area contributed by atoms with Crippen molar-refractivity contribution in [2.45, 2.75) is 23.5 Å². The number of halogens is 1. The highest BCUT2D eigenvalue weighted by molar-refractivity contribution is 7.89. The normalized spacial score (nSPS) is 24.5. The van der Waals surface area contributed by atoms with Crippen molar-refractivity contribution in [3.05, 3.63) is 30.1 Å². The molecule has 0 aromatic heterocycles. The fourth-order valence-corrected chi connectivity index (χ4v) is 3.67. The molecule has 1 aliphatic rings. The molecule has 8 heteroatoms. The Morgan fingerprint density at radius 1 is 1.32 bits per heavy atom. The highest BCUT2D eigenvalue weighted by atomic mass is 32.2. The number of carbonyl (C=O) groups is 1. The third-order valence-electron chi connectivity index (χ3n) is 2.99. The maximum atomic E-state index is 12.8. The van der Waals surface area contributed by atoms with Crippen molar-refractivity contribution in [1.82, 2.24) is 4.31 Å². The predicted molar refractivity (Wildman–Crippen MR) is 62.3 cm³/mol. The van der Waals surface area contributed by atoms with E-state index in [4.69, 9.17) is 5.11 Å². The molecular weight excluding hydrogens is 277 g/mol. The zero-order valence-electron chi connectivity index (χ0n) is 9.73. The Morgan fingerprint density at radius 2 is 1.89 bits per heavy atom. The van der Waals surface area contributed by atoms with Gasteiger partial charge in [0, 0.05) is 6.54 Å². The molecule has 0 aliphatic carbocycles. The minimum Gasteiger partial charge on any atom is -0.480 e. The number of carboxylic acid groups (broad SMARTS) is 1.